The molecule has 0 aliphatic heterocycles. The van der Waals surface area contributed by atoms with Gasteiger partial charge in [-0.05, 0) is 52.2 Å². The van der Waals surface area contributed by atoms with Gasteiger partial charge in [-0.25, -0.2) is 4.39 Å². The van der Waals surface area contributed by atoms with Gasteiger partial charge in [0, 0.05) is 21.2 Å². The van der Waals surface area contributed by atoms with Gasteiger partial charge in [0.05, 0.1) is 6.10 Å². The van der Waals surface area contributed by atoms with Crippen LogP contribution in [0, 0.1) is 12.7 Å². The first kappa shape index (κ1) is 12.7. The average Bonchev–Trinajstić information content (AvgIpc) is 2.67. The minimum absolute atomic E-state index is 0.308. The van der Waals surface area contributed by atoms with Gasteiger partial charge in [-0.15, -0.1) is 11.3 Å². The lowest BCUT2D eigenvalue weighted by atomic mass is 10.0. The Hall–Kier alpha value is -0.710. The van der Waals surface area contributed by atoms with Crippen molar-refractivity contribution >= 4 is 27.3 Å². The lowest BCUT2D eigenvalue weighted by molar-refractivity contribution is 0.178. The molecule has 0 radical (unpaired) electrons. The van der Waals surface area contributed by atoms with E-state index in [1.807, 2.05) is 18.4 Å². The average molecular weight is 315 g/mol. The van der Waals surface area contributed by atoms with Crippen molar-refractivity contribution in [2.75, 3.05) is 0 Å². The molecule has 0 bridgehead atoms. The molecule has 1 aromatic carbocycles. The van der Waals surface area contributed by atoms with Crippen LogP contribution in [0.15, 0.2) is 34.1 Å². The standard InChI is InChI=1S/C13H12BrFOS/c1-8-2-3-10(15)5-12(8)13(16)6-11-4-9(14)7-17-11/h2-5,7,13,16H,6H2,1H3. The lowest BCUT2D eigenvalue weighted by Crippen LogP contribution is -2.03. The fourth-order valence-corrected chi connectivity index (χ4v) is 3.22. The predicted octanol–water partition coefficient (Wildman–Crippen LogP) is 4.23. The minimum Gasteiger partial charge on any atom is -0.388 e. The van der Waals surface area contributed by atoms with Crippen LogP contribution < -0.4 is 0 Å². The van der Waals surface area contributed by atoms with Crippen LogP contribution in [-0.2, 0) is 6.42 Å². The highest BCUT2D eigenvalue weighted by atomic mass is 79.9. The topological polar surface area (TPSA) is 20.2 Å². The highest BCUT2D eigenvalue weighted by Gasteiger charge is 2.13. The van der Waals surface area contributed by atoms with E-state index in [9.17, 15) is 9.50 Å². The summed E-state index contributed by atoms with van der Waals surface area (Å²) in [6.45, 7) is 1.88. The smallest absolute Gasteiger partial charge is 0.123 e. The van der Waals surface area contributed by atoms with Gasteiger partial charge in [0.15, 0.2) is 0 Å². The minimum atomic E-state index is -0.656. The molecule has 0 saturated heterocycles. The molecule has 17 heavy (non-hydrogen) atoms. The molecule has 0 aliphatic carbocycles. The van der Waals surface area contributed by atoms with E-state index in [-0.39, 0.29) is 5.82 Å². The third kappa shape index (κ3) is 3.15. The van der Waals surface area contributed by atoms with Crippen LogP contribution in [0.3, 0.4) is 0 Å². The van der Waals surface area contributed by atoms with Crippen LogP contribution in [0.1, 0.15) is 22.1 Å². The van der Waals surface area contributed by atoms with E-state index in [1.165, 1.54) is 12.1 Å². The van der Waals surface area contributed by atoms with E-state index in [0.29, 0.717) is 12.0 Å². The number of aliphatic hydroxyl groups excluding tert-OH is 1. The van der Waals surface area contributed by atoms with E-state index < -0.39 is 6.10 Å². The lowest BCUT2D eigenvalue weighted by Gasteiger charge is -2.12. The Morgan fingerprint density at radius 2 is 2.18 bits per heavy atom. The Labute approximate surface area is 112 Å². The molecule has 2 rings (SSSR count). The van der Waals surface area contributed by atoms with Crippen LogP contribution in [-0.4, -0.2) is 5.11 Å². The molecule has 1 aromatic heterocycles. The number of halogens is 2. The molecule has 0 aliphatic rings. The van der Waals surface area contributed by atoms with Gasteiger partial charge >= 0.3 is 0 Å². The Morgan fingerprint density at radius 1 is 1.41 bits per heavy atom. The maximum atomic E-state index is 13.1. The highest BCUT2D eigenvalue weighted by molar-refractivity contribution is 9.10. The maximum absolute atomic E-state index is 13.1. The first-order valence-electron chi connectivity index (χ1n) is 5.23. The van der Waals surface area contributed by atoms with Crippen LogP contribution in [0.25, 0.3) is 0 Å². The van der Waals surface area contributed by atoms with Crippen molar-refractivity contribution in [2.45, 2.75) is 19.4 Å². The maximum Gasteiger partial charge on any atom is 0.123 e. The molecule has 90 valence electrons. The van der Waals surface area contributed by atoms with Gasteiger partial charge in [0.1, 0.15) is 5.82 Å². The van der Waals surface area contributed by atoms with Crippen LogP contribution >= 0.6 is 27.3 Å². The molecule has 1 atom stereocenters. The third-order valence-electron chi connectivity index (χ3n) is 2.62. The van der Waals surface area contributed by atoms with Crippen molar-refractivity contribution in [1.29, 1.82) is 0 Å². The van der Waals surface area contributed by atoms with Gasteiger partial charge in [0.25, 0.3) is 0 Å². The zero-order valence-electron chi connectivity index (χ0n) is 9.28. The van der Waals surface area contributed by atoms with Crippen molar-refractivity contribution in [3.8, 4) is 0 Å². The molecule has 1 heterocycles. The first-order valence-corrected chi connectivity index (χ1v) is 6.90. The molecule has 1 nitrogen and oxygen atoms in total. The number of aliphatic hydroxyl groups is 1. The summed E-state index contributed by atoms with van der Waals surface area (Å²) in [5.41, 5.74) is 1.57. The van der Waals surface area contributed by atoms with E-state index in [4.69, 9.17) is 0 Å². The van der Waals surface area contributed by atoms with Gasteiger partial charge < -0.3 is 5.11 Å². The van der Waals surface area contributed by atoms with Gasteiger partial charge in [0.2, 0.25) is 0 Å². The van der Waals surface area contributed by atoms with E-state index in [2.05, 4.69) is 15.9 Å². The monoisotopic (exact) mass is 314 g/mol. The summed E-state index contributed by atoms with van der Waals surface area (Å²) in [6, 6.07) is 6.48. The predicted molar refractivity (Wildman–Crippen MR) is 71.8 cm³/mol. The normalized spacial score (nSPS) is 12.7. The Kier molecular flexibility index (Phi) is 3.97. The Balaban J connectivity index is 2.19. The molecular weight excluding hydrogens is 303 g/mol. The number of hydrogen-bond donors (Lipinski definition) is 1. The van der Waals surface area contributed by atoms with Crippen LogP contribution in [0.5, 0.6) is 0 Å². The van der Waals surface area contributed by atoms with E-state index in [0.717, 1.165) is 14.9 Å². The second-order valence-corrected chi connectivity index (χ2v) is 5.86. The largest absolute Gasteiger partial charge is 0.388 e. The van der Waals surface area contributed by atoms with Crippen molar-refractivity contribution in [3.05, 3.63) is 55.9 Å². The quantitative estimate of drug-likeness (QED) is 0.898. The molecule has 1 N–H and O–H groups in total. The summed E-state index contributed by atoms with van der Waals surface area (Å²) in [4.78, 5) is 1.08. The van der Waals surface area contributed by atoms with E-state index in [1.54, 1.807) is 17.4 Å². The number of hydrogen-bond acceptors (Lipinski definition) is 2. The fraction of sp³-hybridized carbons (Fsp3) is 0.231. The van der Waals surface area contributed by atoms with Crippen LogP contribution in [0.4, 0.5) is 4.39 Å². The molecule has 2 aromatic rings. The zero-order chi connectivity index (χ0) is 12.4. The number of thiophene rings is 1. The summed E-state index contributed by atoms with van der Waals surface area (Å²) in [5, 5.41) is 12.1. The molecular formula is C13H12BrFOS. The summed E-state index contributed by atoms with van der Waals surface area (Å²) >= 11 is 4.96. The summed E-state index contributed by atoms with van der Waals surface area (Å²) in [5.74, 6) is -0.308. The number of aryl methyl sites for hydroxylation is 1. The van der Waals surface area contributed by atoms with Crippen LogP contribution in [0.2, 0.25) is 0 Å². The SMILES string of the molecule is Cc1ccc(F)cc1C(O)Cc1cc(Br)cs1. The molecule has 0 spiro atoms. The molecule has 0 saturated carbocycles. The second kappa shape index (κ2) is 5.29. The van der Waals surface area contributed by atoms with E-state index >= 15 is 0 Å². The van der Waals surface area contributed by atoms with Gasteiger partial charge in [-0.1, -0.05) is 6.07 Å². The number of rotatable bonds is 3. The van der Waals surface area contributed by atoms with Gasteiger partial charge in [-0.3, -0.25) is 0 Å². The third-order valence-corrected chi connectivity index (χ3v) is 4.34. The Morgan fingerprint density at radius 3 is 2.82 bits per heavy atom. The molecule has 0 fully saturated rings. The second-order valence-electron chi connectivity index (χ2n) is 3.95. The first-order chi connectivity index (χ1) is 8.06. The van der Waals surface area contributed by atoms with Crippen molar-refractivity contribution < 1.29 is 9.50 Å². The fourth-order valence-electron chi connectivity index (χ4n) is 1.73. The number of benzene rings is 1. The summed E-state index contributed by atoms with van der Waals surface area (Å²) in [7, 11) is 0. The molecule has 0 amide bonds. The molecule has 1 unspecified atom stereocenters. The van der Waals surface area contributed by atoms with Crippen molar-refractivity contribution in [1.82, 2.24) is 0 Å². The highest BCUT2D eigenvalue weighted by Crippen LogP contribution is 2.27. The zero-order valence-corrected chi connectivity index (χ0v) is 11.7. The summed E-state index contributed by atoms with van der Waals surface area (Å²) < 4.78 is 14.1. The molecule has 4 heteroatoms. The van der Waals surface area contributed by atoms with Gasteiger partial charge in [-0.2, -0.15) is 0 Å². The Bertz CT molecular complexity index is 524. The van der Waals surface area contributed by atoms with Crippen molar-refractivity contribution in [3.63, 3.8) is 0 Å². The summed E-state index contributed by atoms with van der Waals surface area (Å²) in [6.07, 6.45) is -0.142. The van der Waals surface area contributed by atoms with Crippen molar-refractivity contribution in [2.24, 2.45) is 0 Å².